The minimum Gasteiger partial charge on any atom is -0.431 e. The Bertz CT molecular complexity index is 453. The maximum absolute atomic E-state index is 5.45. The van der Waals surface area contributed by atoms with Gasteiger partial charge in [0.25, 0.3) is 0 Å². The van der Waals surface area contributed by atoms with Gasteiger partial charge in [-0.2, -0.15) is 4.98 Å². The second-order valence-corrected chi connectivity index (χ2v) is 3.80. The molecule has 0 unspecified atom stereocenters. The molecule has 1 aromatic carbocycles. The summed E-state index contributed by atoms with van der Waals surface area (Å²) in [6.07, 6.45) is 1.69. The molecule has 1 N–H and O–H groups in total. The van der Waals surface area contributed by atoms with Gasteiger partial charge >= 0.3 is 6.01 Å². The number of rotatable bonds is 5. The molecule has 90 valence electrons. The SMILES string of the molecule is CCNCc1coc(N(C)c2ccccc2)n1. The number of hydrogen-bond acceptors (Lipinski definition) is 4. The van der Waals surface area contributed by atoms with Crippen LogP contribution < -0.4 is 10.2 Å². The number of aromatic nitrogens is 1. The van der Waals surface area contributed by atoms with Crippen molar-refractivity contribution >= 4 is 11.7 Å². The van der Waals surface area contributed by atoms with E-state index < -0.39 is 0 Å². The molecule has 0 aliphatic heterocycles. The van der Waals surface area contributed by atoms with Gasteiger partial charge in [-0.05, 0) is 18.7 Å². The topological polar surface area (TPSA) is 41.3 Å². The number of anilines is 2. The average Bonchev–Trinajstić information content (AvgIpc) is 2.85. The van der Waals surface area contributed by atoms with Crippen LogP contribution in [0.4, 0.5) is 11.7 Å². The fourth-order valence-electron chi connectivity index (χ4n) is 1.55. The van der Waals surface area contributed by atoms with Crippen LogP contribution in [0.25, 0.3) is 0 Å². The fourth-order valence-corrected chi connectivity index (χ4v) is 1.55. The standard InChI is InChI=1S/C13H17N3O/c1-3-14-9-11-10-17-13(15-11)16(2)12-7-5-4-6-8-12/h4-8,10,14H,3,9H2,1-2H3. The highest BCUT2D eigenvalue weighted by Crippen LogP contribution is 2.21. The van der Waals surface area contributed by atoms with Crippen LogP contribution in [0.15, 0.2) is 41.0 Å². The van der Waals surface area contributed by atoms with Crippen LogP contribution in [0, 0.1) is 0 Å². The summed E-state index contributed by atoms with van der Waals surface area (Å²) in [4.78, 5) is 6.35. The van der Waals surface area contributed by atoms with Crippen molar-refractivity contribution in [2.24, 2.45) is 0 Å². The summed E-state index contributed by atoms with van der Waals surface area (Å²) in [7, 11) is 1.94. The Hall–Kier alpha value is -1.81. The third-order valence-corrected chi connectivity index (χ3v) is 2.53. The molecule has 0 radical (unpaired) electrons. The van der Waals surface area contributed by atoms with E-state index in [-0.39, 0.29) is 0 Å². The molecule has 0 saturated carbocycles. The van der Waals surface area contributed by atoms with Crippen LogP contribution in [0.1, 0.15) is 12.6 Å². The van der Waals surface area contributed by atoms with Crippen LogP contribution in [0.2, 0.25) is 0 Å². The van der Waals surface area contributed by atoms with E-state index in [1.54, 1.807) is 6.26 Å². The van der Waals surface area contributed by atoms with Crippen molar-refractivity contribution in [3.05, 3.63) is 42.3 Å². The van der Waals surface area contributed by atoms with E-state index in [2.05, 4.69) is 17.2 Å². The predicted octanol–water partition coefficient (Wildman–Crippen LogP) is 2.55. The molecule has 1 aromatic heterocycles. The van der Waals surface area contributed by atoms with Gasteiger partial charge in [-0.1, -0.05) is 25.1 Å². The summed E-state index contributed by atoms with van der Waals surface area (Å²) >= 11 is 0. The van der Waals surface area contributed by atoms with E-state index in [0.29, 0.717) is 6.01 Å². The molecule has 0 amide bonds. The van der Waals surface area contributed by atoms with Crippen LogP contribution in [-0.2, 0) is 6.54 Å². The molecule has 0 aliphatic carbocycles. The summed E-state index contributed by atoms with van der Waals surface area (Å²) < 4.78 is 5.45. The summed E-state index contributed by atoms with van der Waals surface area (Å²) in [5.74, 6) is 0. The number of nitrogens with one attached hydrogen (secondary N) is 1. The van der Waals surface area contributed by atoms with Crippen molar-refractivity contribution in [1.82, 2.24) is 10.3 Å². The first kappa shape index (κ1) is 11.7. The number of nitrogens with zero attached hydrogens (tertiary/aromatic N) is 2. The zero-order chi connectivity index (χ0) is 12.1. The minimum absolute atomic E-state index is 0.615. The van der Waals surface area contributed by atoms with Crippen molar-refractivity contribution in [2.75, 3.05) is 18.5 Å². The number of benzene rings is 1. The maximum atomic E-state index is 5.45. The normalized spacial score (nSPS) is 10.5. The quantitative estimate of drug-likeness (QED) is 0.858. The van der Waals surface area contributed by atoms with Gasteiger partial charge in [0.1, 0.15) is 6.26 Å². The van der Waals surface area contributed by atoms with Gasteiger partial charge in [-0.3, -0.25) is 4.90 Å². The Kier molecular flexibility index (Phi) is 3.77. The average molecular weight is 231 g/mol. The van der Waals surface area contributed by atoms with E-state index >= 15 is 0 Å². The largest absolute Gasteiger partial charge is 0.431 e. The van der Waals surface area contributed by atoms with E-state index in [9.17, 15) is 0 Å². The molecule has 4 heteroatoms. The lowest BCUT2D eigenvalue weighted by Gasteiger charge is -2.13. The van der Waals surface area contributed by atoms with Crippen molar-refractivity contribution in [2.45, 2.75) is 13.5 Å². The zero-order valence-electron chi connectivity index (χ0n) is 10.2. The smallest absolute Gasteiger partial charge is 0.301 e. The molecule has 0 bridgehead atoms. The Labute approximate surface area is 101 Å². The van der Waals surface area contributed by atoms with Gasteiger partial charge < -0.3 is 9.73 Å². The summed E-state index contributed by atoms with van der Waals surface area (Å²) in [6, 6.07) is 10.6. The highest BCUT2D eigenvalue weighted by molar-refractivity contribution is 5.54. The second kappa shape index (κ2) is 5.50. The first-order valence-electron chi connectivity index (χ1n) is 5.75. The van der Waals surface area contributed by atoms with E-state index in [0.717, 1.165) is 24.5 Å². The lowest BCUT2D eigenvalue weighted by molar-refractivity contribution is 0.558. The fraction of sp³-hybridized carbons (Fsp3) is 0.308. The summed E-state index contributed by atoms with van der Waals surface area (Å²) in [6.45, 7) is 3.73. The number of para-hydroxylation sites is 1. The predicted molar refractivity (Wildman–Crippen MR) is 68.4 cm³/mol. The highest BCUT2D eigenvalue weighted by atomic mass is 16.4. The van der Waals surface area contributed by atoms with Crippen molar-refractivity contribution in [3.8, 4) is 0 Å². The van der Waals surface area contributed by atoms with Gasteiger partial charge in [-0.15, -0.1) is 0 Å². The number of hydrogen-bond donors (Lipinski definition) is 1. The second-order valence-electron chi connectivity index (χ2n) is 3.80. The molecule has 0 saturated heterocycles. The first-order chi connectivity index (χ1) is 8.31. The van der Waals surface area contributed by atoms with Gasteiger partial charge in [0.2, 0.25) is 0 Å². The van der Waals surface area contributed by atoms with Crippen LogP contribution in [0.5, 0.6) is 0 Å². The maximum Gasteiger partial charge on any atom is 0.301 e. The molecular formula is C13H17N3O. The zero-order valence-corrected chi connectivity index (χ0v) is 10.2. The lowest BCUT2D eigenvalue weighted by Crippen LogP contribution is -2.13. The minimum atomic E-state index is 0.615. The third kappa shape index (κ3) is 2.85. The molecule has 4 nitrogen and oxygen atoms in total. The Morgan fingerprint density at radius 3 is 2.76 bits per heavy atom. The molecule has 0 atom stereocenters. The molecular weight excluding hydrogens is 214 g/mol. The Morgan fingerprint density at radius 1 is 1.29 bits per heavy atom. The first-order valence-corrected chi connectivity index (χ1v) is 5.75. The van der Waals surface area contributed by atoms with E-state index in [1.807, 2.05) is 42.3 Å². The summed E-state index contributed by atoms with van der Waals surface area (Å²) in [5, 5.41) is 3.22. The molecule has 0 spiro atoms. The monoisotopic (exact) mass is 231 g/mol. The van der Waals surface area contributed by atoms with Crippen LogP contribution in [0.3, 0.4) is 0 Å². The molecule has 1 heterocycles. The van der Waals surface area contributed by atoms with Gasteiger partial charge in [0.15, 0.2) is 0 Å². The van der Waals surface area contributed by atoms with Gasteiger partial charge in [0.05, 0.1) is 5.69 Å². The lowest BCUT2D eigenvalue weighted by atomic mass is 10.3. The molecule has 0 fully saturated rings. The van der Waals surface area contributed by atoms with E-state index in [4.69, 9.17) is 4.42 Å². The third-order valence-electron chi connectivity index (χ3n) is 2.53. The van der Waals surface area contributed by atoms with Crippen LogP contribution >= 0.6 is 0 Å². The van der Waals surface area contributed by atoms with Gasteiger partial charge in [-0.25, -0.2) is 0 Å². The molecule has 0 aliphatic rings. The van der Waals surface area contributed by atoms with Crippen molar-refractivity contribution in [3.63, 3.8) is 0 Å². The highest BCUT2D eigenvalue weighted by Gasteiger charge is 2.09. The molecule has 17 heavy (non-hydrogen) atoms. The van der Waals surface area contributed by atoms with E-state index in [1.165, 1.54) is 0 Å². The molecule has 2 rings (SSSR count). The van der Waals surface area contributed by atoms with Gasteiger partial charge in [0, 0.05) is 19.3 Å². The van der Waals surface area contributed by atoms with Crippen molar-refractivity contribution in [1.29, 1.82) is 0 Å². The summed E-state index contributed by atoms with van der Waals surface area (Å²) in [5.41, 5.74) is 1.98. The van der Waals surface area contributed by atoms with Crippen LogP contribution in [-0.4, -0.2) is 18.6 Å². The molecule has 2 aromatic rings. The van der Waals surface area contributed by atoms with Crippen molar-refractivity contribution < 1.29 is 4.42 Å². The number of oxazole rings is 1. The Morgan fingerprint density at radius 2 is 2.06 bits per heavy atom. The Balaban J connectivity index is 2.09.